The van der Waals surface area contributed by atoms with E-state index in [0.717, 1.165) is 19.4 Å². The number of pyridine rings is 1. The molecule has 2 nitrogen and oxygen atoms in total. The van der Waals surface area contributed by atoms with Crippen molar-refractivity contribution in [1.29, 1.82) is 0 Å². The molecule has 0 amide bonds. The van der Waals surface area contributed by atoms with Gasteiger partial charge in [0.15, 0.2) is 0 Å². The lowest BCUT2D eigenvalue weighted by Crippen LogP contribution is -2.36. The standard InChI is InChI=1S/C19H34N2/c1-7-11-20-18(12-15(3)19(4,5)6)13-17-10-9-16(8-2)14-21-17/h9-10,14-15,18,20H,7-8,11-13H2,1-6H3. The van der Waals surface area contributed by atoms with Gasteiger partial charge in [-0.1, -0.05) is 47.6 Å². The Morgan fingerprint density at radius 2 is 1.90 bits per heavy atom. The summed E-state index contributed by atoms with van der Waals surface area (Å²) in [7, 11) is 0. The first-order valence-corrected chi connectivity index (χ1v) is 8.54. The average molecular weight is 290 g/mol. The largest absolute Gasteiger partial charge is 0.314 e. The summed E-state index contributed by atoms with van der Waals surface area (Å²) in [6, 6.07) is 4.94. The molecular formula is C19H34N2. The van der Waals surface area contributed by atoms with Crippen LogP contribution in [0.4, 0.5) is 0 Å². The molecule has 0 aliphatic rings. The molecule has 0 fully saturated rings. The van der Waals surface area contributed by atoms with Crippen LogP contribution in [-0.2, 0) is 12.8 Å². The van der Waals surface area contributed by atoms with E-state index in [1.165, 1.54) is 24.1 Å². The molecule has 1 rings (SSSR count). The van der Waals surface area contributed by atoms with Crippen molar-refractivity contribution in [2.45, 2.75) is 73.3 Å². The molecule has 0 aromatic carbocycles. The molecule has 0 saturated heterocycles. The van der Waals surface area contributed by atoms with Crippen molar-refractivity contribution in [2.24, 2.45) is 11.3 Å². The first-order chi connectivity index (χ1) is 9.86. The van der Waals surface area contributed by atoms with E-state index in [2.05, 4.69) is 64.0 Å². The number of nitrogens with zero attached hydrogens (tertiary/aromatic N) is 1. The van der Waals surface area contributed by atoms with Crippen molar-refractivity contribution in [3.05, 3.63) is 29.6 Å². The third kappa shape index (κ3) is 6.60. The normalized spacial score (nSPS) is 15.0. The van der Waals surface area contributed by atoms with Crippen molar-refractivity contribution < 1.29 is 0 Å². The lowest BCUT2D eigenvalue weighted by atomic mass is 9.78. The molecule has 1 aromatic heterocycles. The second-order valence-electron chi connectivity index (χ2n) is 7.37. The van der Waals surface area contributed by atoms with Crippen LogP contribution in [0.2, 0.25) is 0 Å². The molecule has 0 radical (unpaired) electrons. The van der Waals surface area contributed by atoms with E-state index in [0.29, 0.717) is 17.4 Å². The van der Waals surface area contributed by atoms with Gasteiger partial charge in [-0.25, -0.2) is 0 Å². The van der Waals surface area contributed by atoms with Crippen LogP contribution >= 0.6 is 0 Å². The highest BCUT2D eigenvalue weighted by Gasteiger charge is 2.23. The summed E-state index contributed by atoms with van der Waals surface area (Å²) in [6.45, 7) is 14.9. The van der Waals surface area contributed by atoms with Gasteiger partial charge in [-0.2, -0.15) is 0 Å². The molecule has 0 saturated carbocycles. The minimum Gasteiger partial charge on any atom is -0.314 e. The van der Waals surface area contributed by atoms with Crippen molar-refractivity contribution in [2.75, 3.05) is 6.54 Å². The maximum Gasteiger partial charge on any atom is 0.0419 e. The Balaban J connectivity index is 2.67. The van der Waals surface area contributed by atoms with Crippen molar-refractivity contribution in [1.82, 2.24) is 10.3 Å². The van der Waals surface area contributed by atoms with Gasteiger partial charge >= 0.3 is 0 Å². The highest BCUT2D eigenvalue weighted by Crippen LogP contribution is 2.29. The van der Waals surface area contributed by atoms with Crippen LogP contribution < -0.4 is 5.32 Å². The summed E-state index contributed by atoms with van der Waals surface area (Å²) < 4.78 is 0. The molecule has 1 heterocycles. The third-order valence-electron chi connectivity index (χ3n) is 4.55. The molecule has 0 bridgehead atoms. The molecule has 21 heavy (non-hydrogen) atoms. The van der Waals surface area contributed by atoms with Gasteiger partial charge in [-0.3, -0.25) is 4.98 Å². The first kappa shape index (κ1) is 18.2. The topological polar surface area (TPSA) is 24.9 Å². The van der Waals surface area contributed by atoms with Gasteiger partial charge in [0.2, 0.25) is 0 Å². The maximum absolute atomic E-state index is 4.63. The molecular weight excluding hydrogens is 256 g/mol. The minimum absolute atomic E-state index is 0.367. The molecule has 0 aliphatic heterocycles. The van der Waals surface area contributed by atoms with E-state index in [-0.39, 0.29) is 0 Å². The van der Waals surface area contributed by atoms with Gasteiger partial charge in [-0.15, -0.1) is 0 Å². The molecule has 1 aromatic rings. The number of nitrogens with one attached hydrogen (secondary N) is 1. The van der Waals surface area contributed by atoms with Crippen molar-refractivity contribution >= 4 is 0 Å². The molecule has 120 valence electrons. The summed E-state index contributed by atoms with van der Waals surface area (Å²) in [5, 5.41) is 3.71. The maximum atomic E-state index is 4.63. The Bertz CT molecular complexity index is 389. The van der Waals surface area contributed by atoms with Crippen LogP contribution in [0.15, 0.2) is 18.3 Å². The van der Waals surface area contributed by atoms with Gasteiger partial charge in [0.1, 0.15) is 0 Å². The summed E-state index contributed by atoms with van der Waals surface area (Å²) >= 11 is 0. The fourth-order valence-corrected chi connectivity index (χ4v) is 2.41. The molecule has 0 spiro atoms. The molecule has 2 unspecified atom stereocenters. The second-order valence-corrected chi connectivity index (χ2v) is 7.37. The number of aromatic nitrogens is 1. The lowest BCUT2D eigenvalue weighted by molar-refractivity contribution is 0.221. The summed E-state index contributed by atoms with van der Waals surface area (Å²) in [5.74, 6) is 0.696. The van der Waals surface area contributed by atoms with Crippen LogP contribution in [0.1, 0.15) is 65.6 Å². The van der Waals surface area contributed by atoms with Gasteiger partial charge in [0.25, 0.3) is 0 Å². The third-order valence-corrected chi connectivity index (χ3v) is 4.55. The van der Waals surface area contributed by atoms with Gasteiger partial charge in [0.05, 0.1) is 0 Å². The van der Waals surface area contributed by atoms with E-state index < -0.39 is 0 Å². The van der Waals surface area contributed by atoms with E-state index >= 15 is 0 Å². The zero-order chi connectivity index (χ0) is 15.9. The van der Waals surface area contributed by atoms with Crippen LogP contribution in [0.25, 0.3) is 0 Å². The number of hydrogen-bond donors (Lipinski definition) is 1. The van der Waals surface area contributed by atoms with Gasteiger partial charge < -0.3 is 5.32 Å². The average Bonchev–Trinajstić information content (AvgIpc) is 2.44. The van der Waals surface area contributed by atoms with Gasteiger partial charge in [0, 0.05) is 24.4 Å². The Labute approximate surface area is 131 Å². The van der Waals surface area contributed by atoms with E-state index in [4.69, 9.17) is 0 Å². The smallest absolute Gasteiger partial charge is 0.0419 e. The van der Waals surface area contributed by atoms with E-state index in [9.17, 15) is 0 Å². The fourth-order valence-electron chi connectivity index (χ4n) is 2.41. The molecule has 1 N–H and O–H groups in total. The Morgan fingerprint density at radius 3 is 2.38 bits per heavy atom. The number of hydrogen-bond acceptors (Lipinski definition) is 2. The first-order valence-electron chi connectivity index (χ1n) is 8.54. The predicted octanol–water partition coefficient (Wildman–Crippen LogP) is 4.63. The zero-order valence-electron chi connectivity index (χ0n) is 14.9. The van der Waals surface area contributed by atoms with Crippen LogP contribution in [0.5, 0.6) is 0 Å². The fraction of sp³-hybridized carbons (Fsp3) is 0.737. The van der Waals surface area contributed by atoms with Gasteiger partial charge in [-0.05, 0) is 48.8 Å². The quantitative estimate of drug-likeness (QED) is 0.755. The lowest BCUT2D eigenvalue weighted by Gasteiger charge is -2.31. The highest BCUT2D eigenvalue weighted by molar-refractivity contribution is 5.14. The second kappa shape index (κ2) is 8.53. The van der Waals surface area contributed by atoms with E-state index in [1.807, 2.05) is 6.20 Å². The van der Waals surface area contributed by atoms with Crippen molar-refractivity contribution in [3.8, 4) is 0 Å². The Morgan fingerprint density at radius 1 is 1.19 bits per heavy atom. The minimum atomic E-state index is 0.367. The molecule has 2 atom stereocenters. The Hall–Kier alpha value is -0.890. The zero-order valence-corrected chi connectivity index (χ0v) is 14.9. The number of rotatable bonds is 8. The van der Waals surface area contributed by atoms with Crippen LogP contribution in [0, 0.1) is 11.3 Å². The van der Waals surface area contributed by atoms with Crippen LogP contribution in [-0.4, -0.2) is 17.6 Å². The summed E-state index contributed by atoms with van der Waals surface area (Å²) in [5.41, 5.74) is 2.90. The number of aryl methyl sites for hydroxylation is 1. The van der Waals surface area contributed by atoms with Crippen molar-refractivity contribution in [3.63, 3.8) is 0 Å². The van der Waals surface area contributed by atoms with Crippen LogP contribution in [0.3, 0.4) is 0 Å². The van der Waals surface area contributed by atoms with E-state index in [1.54, 1.807) is 0 Å². The highest BCUT2D eigenvalue weighted by atomic mass is 14.9. The Kier molecular flexibility index (Phi) is 7.37. The molecule has 2 heteroatoms. The molecule has 0 aliphatic carbocycles. The summed E-state index contributed by atoms with van der Waals surface area (Å²) in [6.07, 6.45) is 6.51. The summed E-state index contributed by atoms with van der Waals surface area (Å²) in [4.78, 5) is 4.63. The SMILES string of the molecule is CCCNC(Cc1ccc(CC)cn1)CC(C)C(C)(C)C. The monoisotopic (exact) mass is 290 g/mol. The predicted molar refractivity (Wildman–Crippen MR) is 92.6 cm³/mol.